The number of nitro benzene ring substituents is 1. The Kier molecular flexibility index (Phi) is 5.63. The highest BCUT2D eigenvalue weighted by Crippen LogP contribution is 2.35. The van der Waals surface area contributed by atoms with Gasteiger partial charge in [-0.3, -0.25) is 10.1 Å². The van der Waals surface area contributed by atoms with Crippen LogP contribution >= 0.6 is 0 Å². The summed E-state index contributed by atoms with van der Waals surface area (Å²) in [6, 6.07) is 18.2. The first-order valence-electron chi connectivity index (χ1n) is 9.79. The molecule has 154 valence electrons. The van der Waals surface area contributed by atoms with Crippen molar-refractivity contribution >= 4 is 11.7 Å². The largest absolute Gasteiger partial charge is 0.465 e. The van der Waals surface area contributed by atoms with Crippen molar-refractivity contribution in [1.29, 1.82) is 0 Å². The van der Waals surface area contributed by atoms with Gasteiger partial charge in [-0.05, 0) is 35.7 Å². The summed E-state index contributed by atoms with van der Waals surface area (Å²) in [5.74, 6) is -0.421. The molecule has 1 aliphatic rings. The lowest BCUT2D eigenvalue weighted by atomic mass is 10.0. The van der Waals surface area contributed by atoms with Crippen LogP contribution in [0.3, 0.4) is 0 Å². The molecule has 1 atom stereocenters. The van der Waals surface area contributed by atoms with Crippen molar-refractivity contribution < 1.29 is 19.2 Å². The van der Waals surface area contributed by atoms with Crippen molar-refractivity contribution in [3.63, 3.8) is 0 Å². The molecule has 2 aromatic carbocycles. The number of aromatic nitrogens is 1. The smallest absolute Gasteiger partial charge is 0.339 e. The first-order valence-corrected chi connectivity index (χ1v) is 9.79. The van der Waals surface area contributed by atoms with Gasteiger partial charge >= 0.3 is 5.97 Å². The molecular formula is C23H22N2O5. The Bertz CT molecular complexity index is 1060. The van der Waals surface area contributed by atoms with Crippen LogP contribution < -0.4 is 0 Å². The van der Waals surface area contributed by atoms with E-state index < -0.39 is 17.0 Å². The third kappa shape index (κ3) is 3.84. The summed E-state index contributed by atoms with van der Waals surface area (Å²) in [5.41, 5.74) is 4.13. The van der Waals surface area contributed by atoms with Gasteiger partial charge in [0, 0.05) is 37.4 Å². The Morgan fingerprint density at radius 1 is 1.20 bits per heavy atom. The van der Waals surface area contributed by atoms with E-state index in [1.165, 1.54) is 19.2 Å². The number of rotatable bonds is 5. The van der Waals surface area contributed by atoms with E-state index >= 15 is 0 Å². The molecular weight excluding hydrogens is 384 g/mol. The summed E-state index contributed by atoms with van der Waals surface area (Å²) in [7, 11) is 1.36. The van der Waals surface area contributed by atoms with Crippen LogP contribution in [0.5, 0.6) is 0 Å². The highest BCUT2D eigenvalue weighted by atomic mass is 16.6. The van der Waals surface area contributed by atoms with Crippen molar-refractivity contribution in [1.82, 2.24) is 4.57 Å². The Hall–Kier alpha value is -3.45. The SMILES string of the molecule is COC(=O)c1cc(Cc2ccccc2)n2c1C(c1ccc([N+](=O)[O-])cc1)OCCC2. The minimum absolute atomic E-state index is 0.0145. The minimum atomic E-state index is -0.507. The fourth-order valence-electron chi connectivity index (χ4n) is 3.92. The van der Waals surface area contributed by atoms with Crippen molar-refractivity contribution in [2.75, 3.05) is 13.7 Å². The normalized spacial score (nSPS) is 15.8. The fourth-order valence-corrected chi connectivity index (χ4v) is 3.92. The van der Waals surface area contributed by atoms with Crippen molar-refractivity contribution in [3.05, 3.63) is 98.9 Å². The number of nitrogens with zero attached hydrogens (tertiary/aromatic N) is 2. The summed E-state index contributed by atoms with van der Waals surface area (Å²) >= 11 is 0. The maximum atomic E-state index is 12.6. The summed E-state index contributed by atoms with van der Waals surface area (Å²) < 4.78 is 13.3. The molecule has 4 rings (SSSR count). The number of ether oxygens (including phenoxy) is 2. The van der Waals surface area contributed by atoms with Crippen LogP contribution in [0.4, 0.5) is 5.69 Å². The fraction of sp³-hybridized carbons (Fsp3) is 0.261. The molecule has 0 N–H and O–H groups in total. The molecule has 0 fully saturated rings. The van der Waals surface area contributed by atoms with Crippen LogP contribution in [-0.4, -0.2) is 29.2 Å². The van der Waals surface area contributed by atoms with Gasteiger partial charge in [0.15, 0.2) is 0 Å². The third-order valence-electron chi connectivity index (χ3n) is 5.32. The Labute approximate surface area is 174 Å². The van der Waals surface area contributed by atoms with Crippen molar-refractivity contribution in [3.8, 4) is 0 Å². The van der Waals surface area contributed by atoms with E-state index in [4.69, 9.17) is 9.47 Å². The number of fused-ring (bicyclic) bond motifs is 1. The first-order chi connectivity index (χ1) is 14.6. The van der Waals surface area contributed by atoms with Crippen molar-refractivity contribution in [2.24, 2.45) is 0 Å². The maximum Gasteiger partial charge on any atom is 0.339 e. The molecule has 0 saturated carbocycles. The maximum absolute atomic E-state index is 12.6. The van der Waals surface area contributed by atoms with E-state index in [1.54, 1.807) is 12.1 Å². The van der Waals surface area contributed by atoms with Crippen LogP contribution in [0.25, 0.3) is 0 Å². The molecule has 0 bridgehead atoms. The van der Waals surface area contributed by atoms with E-state index in [1.807, 2.05) is 24.3 Å². The number of hydrogen-bond donors (Lipinski definition) is 0. The number of methoxy groups -OCH3 is 1. The molecule has 3 aromatic rings. The Morgan fingerprint density at radius 2 is 1.93 bits per heavy atom. The molecule has 1 unspecified atom stereocenters. The molecule has 2 heterocycles. The number of benzene rings is 2. The van der Waals surface area contributed by atoms with Crippen LogP contribution in [-0.2, 0) is 22.4 Å². The Morgan fingerprint density at radius 3 is 2.60 bits per heavy atom. The van der Waals surface area contributed by atoms with E-state index in [0.29, 0.717) is 18.6 Å². The molecule has 0 amide bonds. The molecule has 0 spiro atoms. The predicted octanol–water partition coefficient (Wildman–Crippen LogP) is 4.28. The van der Waals surface area contributed by atoms with Gasteiger partial charge in [0.2, 0.25) is 0 Å². The third-order valence-corrected chi connectivity index (χ3v) is 5.32. The van der Waals surface area contributed by atoms with Crippen LogP contribution in [0, 0.1) is 10.1 Å². The Balaban J connectivity index is 1.81. The van der Waals surface area contributed by atoms with E-state index in [0.717, 1.165) is 35.5 Å². The summed E-state index contributed by atoms with van der Waals surface area (Å²) in [5, 5.41) is 11.0. The molecule has 0 saturated heterocycles. The van der Waals surface area contributed by atoms with Gasteiger partial charge in [-0.2, -0.15) is 0 Å². The van der Waals surface area contributed by atoms with Crippen LogP contribution in [0.15, 0.2) is 60.7 Å². The molecule has 7 nitrogen and oxygen atoms in total. The average molecular weight is 406 g/mol. The second-order valence-electron chi connectivity index (χ2n) is 7.19. The highest BCUT2D eigenvalue weighted by molar-refractivity contribution is 5.91. The molecule has 7 heteroatoms. The zero-order valence-corrected chi connectivity index (χ0v) is 16.6. The summed E-state index contributed by atoms with van der Waals surface area (Å²) in [4.78, 5) is 23.2. The van der Waals surface area contributed by atoms with Crippen LogP contribution in [0.1, 0.15) is 45.4 Å². The zero-order chi connectivity index (χ0) is 21.1. The monoisotopic (exact) mass is 406 g/mol. The molecule has 1 aliphatic heterocycles. The molecule has 0 aliphatic carbocycles. The lowest BCUT2D eigenvalue weighted by Crippen LogP contribution is -2.14. The van der Waals surface area contributed by atoms with Gasteiger partial charge in [-0.25, -0.2) is 4.79 Å². The quantitative estimate of drug-likeness (QED) is 0.359. The first kappa shape index (κ1) is 19.8. The zero-order valence-electron chi connectivity index (χ0n) is 16.6. The second-order valence-corrected chi connectivity index (χ2v) is 7.19. The highest BCUT2D eigenvalue weighted by Gasteiger charge is 2.30. The van der Waals surface area contributed by atoms with Gasteiger partial charge in [0.05, 0.1) is 23.3 Å². The number of carbonyl (C=O) groups excluding carboxylic acids is 1. The molecule has 30 heavy (non-hydrogen) atoms. The van der Waals surface area contributed by atoms with Gasteiger partial charge in [0.1, 0.15) is 6.10 Å². The standard InChI is InChI=1S/C23H22N2O5/c1-29-23(26)20-15-19(14-16-6-3-2-4-7-16)24-12-5-13-30-22(21(20)24)17-8-10-18(11-9-17)25(27)28/h2-4,6-11,15,22H,5,12-14H2,1H3. The molecule has 0 radical (unpaired) electrons. The lowest BCUT2D eigenvalue weighted by Gasteiger charge is -2.19. The number of hydrogen-bond acceptors (Lipinski definition) is 5. The summed E-state index contributed by atoms with van der Waals surface area (Å²) in [6.45, 7) is 1.24. The van der Waals surface area contributed by atoms with Gasteiger partial charge in [-0.15, -0.1) is 0 Å². The number of carbonyl (C=O) groups is 1. The lowest BCUT2D eigenvalue weighted by molar-refractivity contribution is -0.384. The van der Waals surface area contributed by atoms with E-state index in [-0.39, 0.29) is 5.69 Å². The number of nitro groups is 1. The van der Waals surface area contributed by atoms with Crippen LogP contribution in [0.2, 0.25) is 0 Å². The predicted molar refractivity (Wildman–Crippen MR) is 111 cm³/mol. The number of non-ortho nitro benzene ring substituents is 1. The second kappa shape index (κ2) is 8.51. The minimum Gasteiger partial charge on any atom is -0.465 e. The topological polar surface area (TPSA) is 83.6 Å². The average Bonchev–Trinajstić information content (AvgIpc) is 2.97. The van der Waals surface area contributed by atoms with Gasteiger partial charge < -0.3 is 14.0 Å². The molecule has 1 aromatic heterocycles. The summed E-state index contributed by atoms with van der Waals surface area (Å²) in [6.07, 6.45) is 0.970. The van der Waals surface area contributed by atoms with E-state index in [9.17, 15) is 14.9 Å². The van der Waals surface area contributed by atoms with Gasteiger partial charge in [-0.1, -0.05) is 30.3 Å². The van der Waals surface area contributed by atoms with E-state index in [2.05, 4.69) is 16.7 Å². The van der Waals surface area contributed by atoms with Crippen molar-refractivity contribution in [2.45, 2.75) is 25.5 Å². The van der Waals surface area contributed by atoms with Gasteiger partial charge in [0.25, 0.3) is 5.69 Å². The number of esters is 1.